The molecule has 3 nitrogen and oxygen atoms in total. The molecular formula is C7H13N3S. The van der Waals surface area contributed by atoms with Gasteiger partial charge in [0.1, 0.15) is 0 Å². The summed E-state index contributed by atoms with van der Waals surface area (Å²) in [4.78, 5) is 0. The first-order valence-corrected chi connectivity index (χ1v) is 4.20. The maximum absolute atomic E-state index is 5.22. The molecule has 3 N–H and O–H groups in total. The highest BCUT2D eigenvalue weighted by atomic mass is 32.1. The number of nitrogens with two attached hydrogens (primary N) is 1. The molecule has 0 saturated heterocycles. The summed E-state index contributed by atoms with van der Waals surface area (Å²) in [5, 5.41) is 4.32. The van der Waals surface area contributed by atoms with Crippen LogP contribution in [0.5, 0.6) is 0 Å². The number of rotatable bonds is 1. The van der Waals surface area contributed by atoms with Crippen molar-refractivity contribution in [1.82, 2.24) is 5.43 Å². The number of hydrazone groups is 1. The number of thiocarbonyl (C=S) groups is 1. The first kappa shape index (κ1) is 8.46. The van der Waals surface area contributed by atoms with Crippen LogP contribution in [-0.4, -0.2) is 10.8 Å². The Hall–Kier alpha value is -0.640. The van der Waals surface area contributed by atoms with Gasteiger partial charge < -0.3 is 5.73 Å². The van der Waals surface area contributed by atoms with Crippen LogP contribution in [0.2, 0.25) is 0 Å². The summed E-state index contributed by atoms with van der Waals surface area (Å²) in [5.74, 6) is 0.766. The van der Waals surface area contributed by atoms with Gasteiger partial charge in [-0.05, 0) is 37.4 Å². The molecule has 4 heteroatoms. The fourth-order valence-electron chi connectivity index (χ4n) is 1.26. The Labute approximate surface area is 72.0 Å². The lowest BCUT2D eigenvalue weighted by Gasteiger charge is -1.97. The maximum Gasteiger partial charge on any atom is 0.184 e. The Bertz CT molecular complexity index is 188. The fraction of sp³-hybridized carbons (Fsp3) is 0.714. The van der Waals surface area contributed by atoms with Gasteiger partial charge >= 0.3 is 0 Å². The van der Waals surface area contributed by atoms with E-state index in [1.165, 1.54) is 12.1 Å². The lowest BCUT2D eigenvalue weighted by molar-refractivity contribution is 0.623. The first-order chi connectivity index (χ1) is 5.18. The molecule has 0 heterocycles. The number of hydrogen-bond donors (Lipinski definition) is 2. The normalized spacial score (nSPS) is 27.4. The molecule has 0 aromatic rings. The molecule has 1 atom stereocenters. The van der Waals surface area contributed by atoms with Crippen molar-refractivity contribution in [3.63, 3.8) is 0 Å². The van der Waals surface area contributed by atoms with Crippen molar-refractivity contribution in [2.75, 3.05) is 0 Å². The van der Waals surface area contributed by atoms with E-state index in [0.717, 1.165) is 18.8 Å². The molecule has 0 amide bonds. The monoisotopic (exact) mass is 171 g/mol. The van der Waals surface area contributed by atoms with Crippen molar-refractivity contribution in [3.8, 4) is 0 Å². The lowest BCUT2D eigenvalue weighted by Crippen LogP contribution is -2.25. The number of hydrogen-bond acceptors (Lipinski definition) is 2. The molecule has 0 aliphatic heterocycles. The quantitative estimate of drug-likeness (QED) is 0.457. The molecule has 11 heavy (non-hydrogen) atoms. The zero-order valence-electron chi connectivity index (χ0n) is 6.63. The Kier molecular flexibility index (Phi) is 2.82. The average Bonchev–Trinajstić information content (AvgIpc) is 2.31. The third kappa shape index (κ3) is 2.84. The van der Waals surface area contributed by atoms with Gasteiger partial charge in [-0.15, -0.1) is 0 Å². The van der Waals surface area contributed by atoms with E-state index in [0.29, 0.717) is 0 Å². The molecule has 62 valence electrons. The topological polar surface area (TPSA) is 50.4 Å². The first-order valence-electron chi connectivity index (χ1n) is 3.79. The van der Waals surface area contributed by atoms with E-state index < -0.39 is 0 Å². The van der Waals surface area contributed by atoms with Gasteiger partial charge in [0.05, 0.1) is 0 Å². The second-order valence-corrected chi connectivity index (χ2v) is 3.44. The van der Waals surface area contributed by atoms with E-state index in [9.17, 15) is 0 Å². The molecular weight excluding hydrogens is 158 g/mol. The summed E-state index contributed by atoms with van der Waals surface area (Å²) in [5.41, 5.74) is 9.01. The molecule has 0 aromatic heterocycles. The zero-order chi connectivity index (χ0) is 8.27. The van der Waals surface area contributed by atoms with E-state index in [-0.39, 0.29) is 5.11 Å². The minimum atomic E-state index is 0.247. The highest BCUT2D eigenvalue weighted by Gasteiger charge is 2.15. The summed E-state index contributed by atoms with van der Waals surface area (Å²) >= 11 is 4.62. The standard InChI is InChI=1S/C7H13N3S/c1-5-2-3-6(4-5)9-10-7(8)11/h5H,2-4H2,1H3,(H3,8,10,11). The number of nitrogens with zero attached hydrogens (tertiary/aromatic N) is 1. The van der Waals surface area contributed by atoms with E-state index >= 15 is 0 Å². The van der Waals surface area contributed by atoms with Crippen LogP contribution in [-0.2, 0) is 0 Å². The van der Waals surface area contributed by atoms with Gasteiger partial charge in [0.25, 0.3) is 0 Å². The van der Waals surface area contributed by atoms with E-state index in [1.54, 1.807) is 0 Å². The van der Waals surface area contributed by atoms with Gasteiger partial charge in [0.15, 0.2) is 5.11 Å². The van der Waals surface area contributed by atoms with Crippen LogP contribution >= 0.6 is 12.2 Å². The SMILES string of the molecule is CC1CCC(=NNC(N)=S)C1. The smallest absolute Gasteiger partial charge is 0.184 e. The summed E-state index contributed by atoms with van der Waals surface area (Å²) in [7, 11) is 0. The second kappa shape index (κ2) is 3.67. The van der Waals surface area contributed by atoms with E-state index in [1.807, 2.05) is 0 Å². The Morgan fingerprint density at radius 3 is 3.00 bits per heavy atom. The van der Waals surface area contributed by atoms with Gasteiger partial charge in [0, 0.05) is 5.71 Å². The molecule has 1 aliphatic carbocycles. The minimum Gasteiger partial charge on any atom is -0.375 e. The number of nitrogens with one attached hydrogen (secondary N) is 1. The maximum atomic E-state index is 5.22. The molecule has 1 unspecified atom stereocenters. The van der Waals surface area contributed by atoms with Crippen molar-refractivity contribution in [3.05, 3.63) is 0 Å². The average molecular weight is 171 g/mol. The van der Waals surface area contributed by atoms with Gasteiger partial charge in [0.2, 0.25) is 0 Å². The van der Waals surface area contributed by atoms with Crippen LogP contribution < -0.4 is 11.2 Å². The summed E-state index contributed by atoms with van der Waals surface area (Å²) < 4.78 is 0. The molecule has 0 aromatic carbocycles. The second-order valence-electron chi connectivity index (χ2n) is 3.00. The Morgan fingerprint density at radius 2 is 2.55 bits per heavy atom. The zero-order valence-corrected chi connectivity index (χ0v) is 7.45. The lowest BCUT2D eigenvalue weighted by atomic mass is 10.1. The Morgan fingerprint density at radius 1 is 1.82 bits per heavy atom. The van der Waals surface area contributed by atoms with Crippen LogP contribution in [0.3, 0.4) is 0 Å². The van der Waals surface area contributed by atoms with E-state index in [2.05, 4.69) is 29.7 Å². The highest BCUT2D eigenvalue weighted by Crippen LogP contribution is 2.21. The van der Waals surface area contributed by atoms with Crippen molar-refractivity contribution in [2.45, 2.75) is 26.2 Å². The van der Waals surface area contributed by atoms with E-state index in [4.69, 9.17) is 5.73 Å². The van der Waals surface area contributed by atoms with Crippen molar-refractivity contribution in [2.24, 2.45) is 16.8 Å². The summed E-state index contributed by atoms with van der Waals surface area (Å²) in [6.07, 6.45) is 3.39. The highest BCUT2D eigenvalue weighted by molar-refractivity contribution is 7.80. The largest absolute Gasteiger partial charge is 0.375 e. The van der Waals surface area contributed by atoms with Crippen molar-refractivity contribution < 1.29 is 0 Å². The predicted octanol–water partition coefficient (Wildman–Crippen LogP) is 0.996. The van der Waals surface area contributed by atoms with Crippen molar-refractivity contribution in [1.29, 1.82) is 0 Å². The molecule has 1 aliphatic rings. The summed E-state index contributed by atoms with van der Waals surface area (Å²) in [6, 6.07) is 0. The van der Waals surface area contributed by atoms with Gasteiger partial charge in [-0.2, -0.15) is 5.10 Å². The summed E-state index contributed by atoms with van der Waals surface area (Å²) in [6.45, 7) is 2.23. The molecule has 0 bridgehead atoms. The Balaban J connectivity index is 2.36. The van der Waals surface area contributed by atoms with Crippen LogP contribution in [0.25, 0.3) is 0 Å². The van der Waals surface area contributed by atoms with Gasteiger partial charge in [-0.25, -0.2) is 0 Å². The van der Waals surface area contributed by atoms with Crippen LogP contribution in [0.1, 0.15) is 26.2 Å². The minimum absolute atomic E-state index is 0.247. The van der Waals surface area contributed by atoms with Gasteiger partial charge in [-0.1, -0.05) is 6.92 Å². The fourth-order valence-corrected chi connectivity index (χ4v) is 1.30. The third-order valence-corrected chi connectivity index (χ3v) is 1.93. The van der Waals surface area contributed by atoms with Crippen LogP contribution in [0, 0.1) is 5.92 Å². The predicted molar refractivity (Wildman–Crippen MR) is 50.4 cm³/mol. The molecule has 1 fully saturated rings. The van der Waals surface area contributed by atoms with Crippen molar-refractivity contribution >= 4 is 23.0 Å². The molecule has 1 saturated carbocycles. The van der Waals surface area contributed by atoms with Crippen LogP contribution in [0.15, 0.2) is 5.10 Å². The molecule has 0 radical (unpaired) electrons. The third-order valence-electron chi connectivity index (χ3n) is 1.83. The molecule has 1 rings (SSSR count). The molecule has 0 spiro atoms. The van der Waals surface area contributed by atoms with Crippen LogP contribution in [0.4, 0.5) is 0 Å². The van der Waals surface area contributed by atoms with Gasteiger partial charge in [-0.3, -0.25) is 5.43 Å².